The van der Waals surface area contributed by atoms with Crippen molar-refractivity contribution < 1.29 is 14.0 Å². The Kier molecular flexibility index (Phi) is 2.96. The Morgan fingerprint density at radius 2 is 2.30 bits per heavy atom. The first-order valence-corrected chi connectivity index (χ1v) is 9.03. The molecule has 3 fully saturated rings. The smallest absolute Gasteiger partial charge is 0.236 e. The highest BCUT2D eigenvalue weighted by atomic mass is 32.1. The van der Waals surface area contributed by atoms with E-state index in [0.29, 0.717) is 18.9 Å². The minimum absolute atomic E-state index is 0.00621. The SMILES string of the molecule is COCc1nc(Cc2noc([C@]34C[C@H]3COC43CCC3)n2)cs1. The van der Waals surface area contributed by atoms with E-state index in [1.54, 1.807) is 18.4 Å². The summed E-state index contributed by atoms with van der Waals surface area (Å²) in [6.45, 7) is 1.40. The van der Waals surface area contributed by atoms with Crippen LogP contribution in [0.3, 0.4) is 0 Å². The summed E-state index contributed by atoms with van der Waals surface area (Å²) in [5, 5.41) is 7.21. The van der Waals surface area contributed by atoms with Gasteiger partial charge in [0.2, 0.25) is 5.89 Å². The lowest BCUT2D eigenvalue weighted by Crippen LogP contribution is -2.48. The van der Waals surface area contributed by atoms with Crippen molar-refractivity contribution in [3.63, 3.8) is 0 Å². The van der Waals surface area contributed by atoms with Crippen LogP contribution in [-0.2, 0) is 27.9 Å². The number of aromatic nitrogens is 3. The molecular formula is C16H19N3O3S. The summed E-state index contributed by atoms with van der Waals surface area (Å²) in [5.41, 5.74) is 0.980. The molecule has 0 N–H and O–H groups in total. The van der Waals surface area contributed by atoms with Gasteiger partial charge in [-0.3, -0.25) is 0 Å². The van der Waals surface area contributed by atoms with E-state index >= 15 is 0 Å². The molecule has 3 aliphatic rings. The normalized spacial score (nSPS) is 30.4. The van der Waals surface area contributed by atoms with Gasteiger partial charge >= 0.3 is 0 Å². The van der Waals surface area contributed by atoms with Crippen molar-refractivity contribution in [1.82, 2.24) is 15.1 Å². The van der Waals surface area contributed by atoms with Gasteiger partial charge in [0.15, 0.2) is 5.82 Å². The molecular weight excluding hydrogens is 314 g/mol. The van der Waals surface area contributed by atoms with Crippen LogP contribution in [0.25, 0.3) is 0 Å². The van der Waals surface area contributed by atoms with E-state index in [1.807, 2.05) is 5.38 Å². The molecule has 2 aliphatic carbocycles. The first kappa shape index (κ1) is 14.1. The highest BCUT2D eigenvalue weighted by Gasteiger charge is 2.77. The largest absolute Gasteiger partial charge is 0.378 e. The molecule has 2 saturated carbocycles. The standard InChI is InChI=1S/C16H19N3O3S/c1-20-8-13-17-11(9-23-13)5-12-18-14(22-19-12)16-6-10(16)7-21-15(16)3-2-4-15/h9-10H,2-8H2,1H3/t10-,16-/m0/s1. The maximum absolute atomic E-state index is 6.10. The van der Waals surface area contributed by atoms with Gasteiger partial charge in [0.05, 0.1) is 36.3 Å². The first-order valence-electron chi connectivity index (χ1n) is 8.15. The number of hydrogen-bond donors (Lipinski definition) is 0. The van der Waals surface area contributed by atoms with Crippen molar-refractivity contribution in [3.05, 3.63) is 27.8 Å². The number of thiazole rings is 1. The van der Waals surface area contributed by atoms with Crippen LogP contribution in [0, 0.1) is 5.92 Å². The summed E-state index contributed by atoms with van der Waals surface area (Å²) < 4.78 is 16.9. The molecule has 3 heterocycles. The van der Waals surface area contributed by atoms with E-state index in [-0.39, 0.29) is 11.0 Å². The number of methoxy groups -OCH3 is 1. The number of fused-ring (bicyclic) bond motifs is 2. The third-order valence-corrected chi connectivity index (χ3v) is 6.57. The van der Waals surface area contributed by atoms with Gasteiger partial charge in [0, 0.05) is 18.4 Å². The van der Waals surface area contributed by atoms with Gasteiger partial charge in [-0.15, -0.1) is 11.3 Å². The van der Waals surface area contributed by atoms with Gasteiger partial charge < -0.3 is 14.0 Å². The molecule has 6 nitrogen and oxygen atoms in total. The van der Waals surface area contributed by atoms with E-state index in [4.69, 9.17) is 19.0 Å². The molecule has 1 spiro atoms. The third-order valence-electron chi connectivity index (χ3n) is 5.70. The lowest BCUT2D eigenvalue weighted by atomic mass is 9.68. The molecule has 1 aliphatic heterocycles. The first-order chi connectivity index (χ1) is 11.3. The maximum Gasteiger partial charge on any atom is 0.236 e. The minimum atomic E-state index is -0.00621. The van der Waals surface area contributed by atoms with Crippen LogP contribution in [-0.4, -0.2) is 34.4 Å². The summed E-state index contributed by atoms with van der Waals surface area (Å²) in [6.07, 6.45) is 5.26. The fourth-order valence-corrected chi connectivity index (χ4v) is 5.08. The number of hydrogen-bond acceptors (Lipinski definition) is 7. The van der Waals surface area contributed by atoms with Crippen molar-refractivity contribution in [1.29, 1.82) is 0 Å². The lowest BCUT2D eigenvalue weighted by Gasteiger charge is -2.43. The Labute approximate surface area is 138 Å². The fourth-order valence-electron chi connectivity index (χ4n) is 4.31. The molecule has 7 heteroatoms. The highest BCUT2D eigenvalue weighted by molar-refractivity contribution is 7.09. The third kappa shape index (κ3) is 1.90. The number of rotatable bonds is 5. The predicted octanol–water partition coefficient (Wildman–Crippen LogP) is 2.47. The summed E-state index contributed by atoms with van der Waals surface area (Å²) in [5.74, 6) is 2.08. The summed E-state index contributed by atoms with van der Waals surface area (Å²) in [4.78, 5) is 9.24. The Balaban J connectivity index is 1.37. The van der Waals surface area contributed by atoms with Crippen molar-refractivity contribution >= 4 is 11.3 Å². The number of ether oxygens (including phenoxy) is 2. The molecule has 2 aromatic rings. The van der Waals surface area contributed by atoms with Gasteiger partial charge in [0.25, 0.3) is 0 Å². The van der Waals surface area contributed by atoms with Crippen molar-refractivity contribution in [3.8, 4) is 0 Å². The van der Waals surface area contributed by atoms with Gasteiger partial charge in [-0.2, -0.15) is 4.98 Å². The van der Waals surface area contributed by atoms with E-state index < -0.39 is 0 Å². The van der Waals surface area contributed by atoms with E-state index in [9.17, 15) is 0 Å². The van der Waals surface area contributed by atoms with Gasteiger partial charge in [-0.05, 0) is 25.7 Å². The molecule has 0 amide bonds. The molecule has 2 aromatic heterocycles. The van der Waals surface area contributed by atoms with Crippen LogP contribution < -0.4 is 0 Å². The summed E-state index contributed by atoms with van der Waals surface area (Å²) in [6, 6.07) is 0. The van der Waals surface area contributed by atoms with Crippen LogP contribution in [0.1, 0.15) is 48.1 Å². The van der Waals surface area contributed by atoms with Crippen LogP contribution in [0.5, 0.6) is 0 Å². The monoisotopic (exact) mass is 333 g/mol. The van der Waals surface area contributed by atoms with E-state index in [2.05, 4.69) is 10.1 Å². The molecule has 23 heavy (non-hydrogen) atoms. The van der Waals surface area contributed by atoms with Gasteiger partial charge in [-0.25, -0.2) is 4.98 Å². The molecule has 1 saturated heterocycles. The van der Waals surface area contributed by atoms with Crippen molar-refractivity contribution in [2.45, 2.75) is 49.7 Å². The Hall–Kier alpha value is -1.31. The molecule has 122 valence electrons. The van der Waals surface area contributed by atoms with Crippen molar-refractivity contribution in [2.75, 3.05) is 13.7 Å². The van der Waals surface area contributed by atoms with Gasteiger partial charge in [0.1, 0.15) is 5.01 Å². The lowest BCUT2D eigenvalue weighted by molar-refractivity contribution is -0.0960. The predicted molar refractivity (Wildman–Crippen MR) is 82.3 cm³/mol. The second-order valence-corrected chi connectivity index (χ2v) is 7.83. The summed E-state index contributed by atoms with van der Waals surface area (Å²) >= 11 is 1.60. The van der Waals surface area contributed by atoms with Gasteiger partial charge in [-0.1, -0.05) is 5.16 Å². The number of nitrogens with zero attached hydrogens (tertiary/aromatic N) is 3. The fraction of sp³-hybridized carbons (Fsp3) is 0.688. The second kappa shape index (κ2) is 4.84. The highest BCUT2D eigenvalue weighted by Crippen LogP contribution is 2.71. The maximum atomic E-state index is 6.10. The van der Waals surface area contributed by atoms with Crippen LogP contribution in [0.2, 0.25) is 0 Å². The Bertz CT molecular complexity index is 739. The average Bonchev–Trinajstić information content (AvgIpc) is 2.89. The Morgan fingerprint density at radius 3 is 3.04 bits per heavy atom. The van der Waals surface area contributed by atoms with E-state index in [0.717, 1.165) is 48.3 Å². The Morgan fingerprint density at radius 1 is 1.39 bits per heavy atom. The zero-order chi connectivity index (χ0) is 15.5. The summed E-state index contributed by atoms with van der Waals surface area (Å²) in [7, 11) is 1.68. The molecule has 2 atom stereocenters. The molecule has 0 aromatic carbocycles. The van der Waals surface area contributed by atoms with Crippen LogP contribution in [0.15, 0.2) is 9.90 Å². The van der Waals surface area contributed by atoms with Crippen LogP contribution >= 0.6 is 11.3 Å². The molecule has 0 radical (unpaired) electrons. The zero-order valence-corrected chi connectivity index (χ0v) is 13.9. The van der Waals surface area contributed by atoms with Crippen LogP contribution in [0.4, 0.5) is 0 Å². The minimum Gasteiger partial charge on any atom is -0.378 e. The van der Waals surface area contributed by atoms with Crippen molar-refractivity contribution in [2.24, 2.45) is 5.92 Å². The molecule has 0 unspecified atom stereocenters. The molecule has 0 bridgehead atoms. The second-order valence-electron chi connectivity index (χ2n) is 6.89. The topological polar surface area (TPSA) is 70.3 Å². The quantitative estimate of drug-likeness (QED) is 0.837. The zero-order valence-electron chi connectivity index (χ0n) is 13.1. The molecule has 5 rings (SSSR count). The van der Waals surface area contributed by atoms with E-state index in [1.165, 1.54) is 6.42 Å². The average molecular weight is 333 g/mol.